The molecule has 6 heteroatoms. The summed E-state index contributed by atoms with van der Waals surface area (Å²) in [6.07, 6.45) is 0. The lowest BCUT2D eigenvalue weighted by atomic mass is 10.2. The number of rotatable bonds is 6. The van der Waals surface area contributed by atoms with Crippen LogP contribution in [0.2, 0.25) is 0 Å². The topological polar surface area (TPSA) is 64.6 Å². The fourth-order valence-corrected chi connectivity index (χ4v) is 2.90. The molecule has 0 amide bonds. The molecule has 0 bridgehead atoms. The quantitative estimate of drug-likeness (QED) is 0.888. The summed E-state index contributed by atoms with van der Waals surface area (Å²) in [5, 5.41) is 0. The first-order valence-electron chi connectivity index (χ1n) is 6.32. The van der Waals surface area contributed by atoms with Gasteiger partial charge in [-0.15, -0.1) is 0 Å². The second-order valence-corrected chi connectivity index (χ2v) is 6.08. The van der Waals surface area contributed by atoms with Gasteiger partial charge in [0, 0.05) is 12.1 Å². The van der Waals surface area contributed by atoms with Crippen molar-refractivity contribution in [2.75, 3.05) is 14.2 Å². The van der Waals surface area contributed by atoms with Crippen LogP contribution in [-0.4, -0.2) is 22.6 Å². The van der Waals surface area contributed by atoms with Crippen LogP contribution in [0.1, 0.15) is 5.56 Å². The first-order chi connectivity index (χ1) is 10.1. The van der Waals surface area contributed by atoms with Crippen LogP contribution in [0.4, 0.5) is 0 Å². The van der Waals surface area contributed by atoms with Crippen LogP contribution >= 0.6 is 0 Å². The van der Waals surface area contributed by atoms with Crippen molar-refractivity contribution in [1.29, 1.82) is 0 Å². The van der Waals surface area contributed by atoms with E-state index < -0.39 is 10.0 Å². The zero-order chi connectivity index (χ0) is 15.3. The largest absolute Gasteiger partial charge is 0.497 e. The minimum atomic E-state index is -3.55. The summed E-state index contributed by atoms with van der Waals surface area (Å²) in [6, 6.07) is 13.5. The SMILES string of the molecule is COc1ccc(OC)c(CNS(=O)(=O)c2ccccc2)c1. The van der Waals surface area contributed by atoms with E-state index in [1.807, 2.05) is 0 Å². The molecule has 2 rings (SSSR count). The molecule has 2 aromatic rings. The average molecular weight is 307 g/mol. The van der Waals surface area contributed by atoms with Gasteiger partial charge in [0.1, 0.15) is 11.5 Å². The van der Waals surface area contributed by atoms with Gasteiger partial charge in [-0.05, 0) is 30.3 Å². The third-order valence-electron chi connectivity index (χ3n) is 2.99. The van der Waals surface area contributed by atoms with Gasteiger partial charge in [-0.2, -0.15) is 0 Å². The van der Waals surface area contributed by atoms with Gasteiger partial charge in [-0.1, -0.05) is 18.2 Å². The molecule has 0 spiro atoms. The molecule has 112 valence electrons. The summed E-state index contributed by atoms with van der Waals surface area (Å²) in [7, 11) is -0.455. The zero-order valence-electron chi connectivity index (χ0n) is 11.9. The number of benzene rings is 2. The Hall–Kier alpha value is -2.05. The number of sulfonamides is 1. The van der Waals surface area contributed by atoms with Crippen molar-refractivity contribution >= 4 is 10.0 Å². The number of ether oxygens (including phenoxy) is 2. The molecule has 0 aliphatic heterocycles. The van der Waals surface area contributed by atoms with Gasteiger partial charge in [0.25, 0.3) is 0 Å². The maximum atomic E-state index is 12.2. The van der Waals surface area contributed by atoms with Crippen LogP contribution in [0.15, 0.2) is 53.4 Å². The minimum Gasteiger partial charge on any atom is -0.497 e. The van der Waals surface area contributed by atoms with Crippen LogP contribution < -0.4 is 14.2 Å². The summed E-state index contributed by atoms with van der Waals surface area (Å²) in [5.74, 6) is 1.25. The fraction of sp³-hybridized carbons (Fsp3) is 0.200. The molecule has 0 unspecified atom stereocenters. The minimum absolute atomic E-state index is 0.123. The standard InChI is InChI=1S/C15H17NO4S/c1-19-13-8-9-15(20-2)12(10-13)11-16-21(17,18)14-6-4-3-5-7-14/h3-10,16H,11H2,1-2H3. The summed E-state index contributed by atoms with van der Waals surface area (Å²) in [5.41, 5.74) is 0.705. The van der Waals surface area contributed by atoms with Crippen molar-refractivity contribution in [3.8, 4) is 11.5 Å². The van der Waals surface area contributed by atoms with Crippen molar-refractivity contribution < 1.29 is 17.9 Å². The molecule has 0 saturated carbocycles. The van der Waals surface area contributed by atoms with Gasteiger partial charge in [-0.3, -0.25) is 0 Å². The molecule has 0 atom stereocenters. The number of methoxy groups -OCH3 is 2. The van der Waals surface area contributed by atoms with Crippen LogP contribution in [-0.2, 0) is 16.6 Å². The summed E-state index contributed by atoms with van der Waals surface area (Å²) in [4.78, 5) is 0.229. The highest BCUT2D eigenvalue weighted by molar-refractivity contribution is 7.89. The monoisotopic (exact) mass is 307 g/mol. The van der Waals surface area contributed by atoms with Gasteiger partial charge < -0.3 is 9.47 Å². The third kappa shape index (κ3) is 3.74. The number of hydrogen-bond donors (Lipinski definition) is 1. The summed E-state index contributed by atoms with van der Waals surface area (Å²) >= 11 is 0. The predicted octanol–water partition coefficient (Wildman–Crippen LogP) is 2.18. The summed E-state index contributed by atoms with van der Waals surface area (Å²) in [6.45, 7) is 0.123. The second-order valence-electron chi connectivity index (χ2n) is 4.32. The van der Waals surface area contributed by atoms with Gasteiger partial charge >= 0.3 is 0 Å². The van der Waals surface area contributed by atoms with Gasteiger partial charge in [0.15, 0.2) is 0 Å². The zero-order valence-corrected chi connectivity index (χ0v) is 12.7. The lowest BCUT2D eigenvalue weighted by Crippen LogP contribution is -2.23. The molecule has 0 aliphatic rings. The molecule has 0 aromatic heterocycles. The summed E-state index contributed by atoms with van der Waals surface area (Å²) < 4.78 is 37.3. The number of nitrogens with one attached hydrogen (secondary N) is 1. The van der Waals surface area contributed by atoms with Crippen LogP contribution in [0.25, 0.3) is 0 Å². The van der Waals surface area contributed by atoms with Crippen LogP contribution in [0.5, 0.6) is 11.5 Å². The lowest BCUT2D eigenvalue weighted by molar-refractivity contribution is 0.398. The Kier molecular flexibility index (Phi) is 4.82. The van der Waals surface area contributed by atoms with E-state index in [2.05, 4.69) is 4.72 Å². The molecule has 0 heterocycles. The Morgan fingerprint density at radius 3 is 2.33 bits per heavy atom. The van der Waals surface area contributed by atoms with Crippen molar-refractivity contribution in [2.45, 2.75) is 11.4 Å². The smallest absolute Gasteiger partial charge is 0.240 e. The van der Waals surface area contributed by atoms with Crippen molar-refractivity contribution in [1.82, 2.24) is 4.72 Å². The van der Waals surface area contributed by atoms with Crippen LogP contribution in [0.3, 0.4) is 0 Å². The lowest BCUT2D eigenvalue weighted by Gasteiger charge is -2.11. The van der Waals surface area contributed by atoms with Gasteiger partial charge in [-0.25, -0.2) is 13.1 Å². The molecular formula is C15H17NO4S. The Bertz CT molecular complexity index is 699. The molecule has 0 fully saturated rings. The predicted molar refractivity (Wildman–Crippen MR) is 80.0 cm³/mol. The molecule has 0 saturated heterocycles. The maximum absolute atomic E-state index is 12.2. The van der Waals surface area contributed by atoms with Gasteiger partial charge in [0.2, 0.25) is 10.0 Å². The Labute approximate surface area is 124 Å². The number of hydrogen-bond acceptors (Lipinski definition) is 4. The highest BCUT2D eigenvalue weighted by Gasteiger charge is 2.14. The van der Waals surface area contributed by atoms with E-state index in [0.29, 0.717) is 17.1 Å². The first-order valence-corrected chi connectivity index (χ1v) is 7.81. The molecule has 1 N–H and O–H groups in total. The molecule has 0 aliphatic carbocycles. The first kappa shape index (κ1) is 15.3. The highest BCUT2D eigenvalue weighted by atomic mass is 32.2. The second kappa shape index (κ2) is 6.60. The van der Waals surface area contributed by atoms with E-state index in [9.17, 15) is 8.42 Å². The Morgan fingerprint density at radius 2 is 1.71 bits per heavy atom. The molecule has 2 aromatic carbocycles. The third-order valence-corrected chi connectivity index (χ3v) is 4.41. The van der Waals surface area contributed by atoms with E-state index in [-0.39, 0.29) is 11.4 Å². The van der Waals surface area contributed by atoms with E-state index in [1.54, 1.807) is 55.6 Å². The van der Waals surface area contributed by atoms with E-state index in [1.165, 1.54) is 7.11 Å². The Balaban J connectivity index is 2.20. The van der Waals surface area contributed by atoms with E-state index >= 15 is 0 Å². The normalized spacial score (nSPS) is 11.1. The van der Waals surface area contributed by atoms with Crippen LogP contribution in [0, 0.1) is 0 Å². The van der Waals surface area contributed by atoms with E-state index in [4.69, 9.17) is 9.47 Å². The molecule has 21 heavy (non-hydrogen) atoms. The van der Waals surface area contributed by atoms with Crippen molar-refractivity contribution in [3.63, 3.8) is 0 Å². The van der Waals surface area contributed by atoms with E-state index in [0.717, 1.165) is 0 Å². The van der Waals surface area contributed by atoms with Gasteiger partial charge in [0.05, 0.1) is 19.1 Å². The molecule has 0 radical (unpaired) electrons. The molecule has 5 nitrogen and oxygen atoms in total. The average Bonchev–Trinajstić information content (AvgIpc) is 2.53. The fourth-order valence-electron chi connectivity index (χ4n) is 1.88. The molecular weight excluding hydrogens is 290 g/mol. The highest BCUT2D eigenvalue weighted by Crippen LogP contribution is 2.24. The van der Waals surface area contributed by atoms with Crippen molar-refractivity contribution in [2.24, 2.45) is 0 Å². The van der Waals surface area contributed by atoms with Crippen molar-refractivity contribution in [3.05, 3.63) is 54.1 Å². The maximum Gasteiger partial charge on any atom is 0.240 e. The Morgan fingerprint density at radius 1 is 1.00 bits per heavy atom.